The molecule has 112 valence electrons. The maximum Gasteiger partial charge on any atom is 0.224 e. The van der Waals surface area contributed by atoms with Gasteiger partial charge < -0.3 is 10.3 Å². The normalized spacial score (nSPS) is 10.8. The molecule has 1 aromatic heterocycles. The molecule has 3 rings (SSSR count). The number of aryl methyl sites for hydroxylation is 3. The molecule has 0 aliphatic rings. The molecule has 4 heteroatoms. The van der Waals surface area contributed by atoms with Gasteiger partial charge in [-0.25, -0.2) is 4.98 Å². The third-order valence-electron chi connectivity index (χ3n) is 3.79. The molecule has 0 saturated carbocycles. The third kappa shape index (κ3) is 3.17. The van der Waals surface area contributed by atoms with E-state index in [0.717, 1.165) is 33.4 Å². The molecule has 22 heavy (non-hydrogen) atoms. The van der Waals surface area contributed by atoms with Crippen LogP contribution in [0.3, 0.4) is 0 Å². The Labute approximate surface area is 129 Å². The minimum absolute atomic E-state index is 0.0402. The van der Waals surface area contributed by atoms with Gasteiger partial charge in [-0.2, -0.15) is 0 Å². The van der Waals surface area contributed by atoms with E-state index in [0.29, 0.717) is 12.8 Å². The van der Waals surface area contributed by atoms with Gasteiger partial charge in [-0.3, -0.25) is 4.79 Å². The average Bonchev–Trinajstić information content (AvgIpc) is 2.96. The molecule has 0 fully saturated rings. The molecule has 1 heterocycles. The fourth-order valence-corrected chi connectivity index (χ4v) is 2.48. The number of rotatable bonds is 4. The molecule has 0 unspecified atom stereocenters. The lowest BCUT2D eigenvalue weighted by molar-refractivity contribution is -0.116. The molecule has 2 N–H and O–H groups in total. The number of carbonyl (C=O) groups is 1. The topological polar surface area (TPSA) is 57.8 Å². The van der Waals surface area contributed by atoms with E-state index >= 15 is 0 Å². The lowest BCUT2D eigenvalue weighted by Crippen LogP contribution is -2.13. The van der Waals surface area contributed by atoms with Crippen molar-refractivity contribution in [2.45, 2.75) is 26.7 Å². The predicted molar refractivity (Wildman–Crippen MR) is 89.0 cm³/mol. The molecule has 0 saturated heterocycles. The standard InChI is InChI=1S/C18H19N3O/c1-12-3-4-13(2)16(9-12)21-18(22)8-6-14-5-7-15-17(10-14)20-11-19-15/h3-5,7,9-11H,6,8H2,1-2H3,(H,19,20)(H,21,22). The highest BCUT2D eigenvalue weighted by Gasteiger charge is 2.06. The van der Waals surface area contributed by atoms with Gasteiger partial charge >= 0.3 is 0 Å². The quantitative estimate of drug-likeness (QED) is 0.769. The molecular formula is C18H19N3O. The summed E-state index contributed by atoms with van der Waals surface area (Å²) >= 11 is 0. The monoisotopic (exact) mass is 293 g/mol. The van der Waals surface area contributed by atoms with Crippen LogP contribution in [-0.2, 0) is 11.2 Å². The van der Waals surface area contributed by atoms with Crippen LogP contribution in [0.15, 0.2) is 42.7 Å². The fraction of sp³-hybridized carbons (Fsp3) is 0.222. The largest absolute Gasteiger partial charge is 0.345 e. The minimum atomic E-state index is 0.0402. The Morgan fingerprint density at radius 1 is 1.18 bits per heavy atom. The van der Waals surface area contributed by atoms with Crippen molar-refractivity contribution in [3.8, 4) is 0 Å². The van der Waals surface area contributed by atoms with Crippen molar-refractivity contribution in [1.29, 1.82) is 0 Å². The number of carbonyl (C=O) groups excluding carboxylic acids is 1. The molecule has 0 radical (unpaired) electrons. The average molecular weight is 293 g/mol. The highest BCUT2D eigenvalue weighted by atomic mass is 16.1. The van der Waals surface area contributed by atoms with Gasteiger partial charge in [0.05, 0.1) is 17.4 Å². The molecule has 0 aliphatic carbocycles. The van der Waals surface area contributed by atoms with Gasteiger partial charge in [0.25, 0.3) is 0 Å². The first-order valence-electron chi connectivity index (χ1n) is 7.41. The van der Waals surface area contributed by atoms with Gasteiger partial charge in [0, 0.05) is 12.1 Å². The van der Waals surface area contributed by atoms with Gasteiger partial charge in [0.15, 0.2) is 0 Å². The molecule has 0 bridgehead atoms. The van der Waals surface area contributed by atoms with E-state index in [9.17, 15) is 4.79 Å². The maximum atomic E-state index is 12.1. The second-order valence-corrected chi connectivity index (χ2v) is 5.62. The van der Waals surface area contributed by atoms with Crippen LogP contribution in [0.2, 0.25) is 0 Å². The van der Waals surface area contributed by atoms with Gasteiger partial charge in [0.2, 0.25) is 5.91 Å². The van der Waals surface area contributed by atoms with Crippen LogP contribution in [0, 0.1) is 13.8 Å². The van der Waals surface area contributed by atoms with Crippen molar-refractivity contribution in [2.75, 3.05) is 5.32 Å². The minimum Gasteiger partial charge on any atom is -0.345 e. The zero-order chi connectivity index (χ0) is 15.5. The maximum absolute atomic E-state index is 12.1. The van der Waals surface area contributed by atoms with Gasteiger partial charge in [0.1, 0.15) is 0 Å². The highest BCUT2D eigenvalue weighted by Crippen LogP contribution is 2.17. The number of fused-ring (bicyclic) bond motifs is 1. The summed E-state index contributed by atoms with van der Waals surface area (Å²) in [6.45, 7) is 4.02. The van der Waals surface area contributed by atoms with Crippen molar-refractivity contribution in [3.05, 3.63) is 59.4 Å². The zero-order valence-electron chi connectivity index (χ0n) is 12.8. The van der Waals surface area contributed by atoms with Gasteiger partial charge in [-0.15, -0.1) is 0 Å². The molecule has 4 nitrogen and oxygen atoms in total. The van der Waals surface area contributed by atoms with Crippen molar-refractivity contribution in [1.82, 2.24) is 9.97 Å². The van der Waals surface area contributed by atoms with E-state index in [1.807, 2.05) is 50.2 Å². The summed E-state index contributed by atoms with van der Waals surface area (Å²) in [5.41, 5.74) is 6.21. The Balaban J connectivity index is 1.63. The van der Waals surface area contributed by atoms with E-state index in [1.165, 1.54) is 0 Å². The molecule has 3 aromatic rings. The summed E-state index contributed by atoms with van der Waals surface area (Å²) < 4.78 is 0. The Hall–Kier alpha value is -2.62. The Bertz CT molecular complexity index is 820. The molecule has 1 amide bonds. The summed E-state index contributed by atoms with van der Waals surface area (Å²) in [5.74, 6) is 0.0402. The first-order valence-corrected chi connectivity index (χ1v) is 7.41. The van der Waals surface area contributed by atoms with Crippen LogP contribution in [0.1, 0.15) is 23.1 Å². The number of imidazole rings is 1. The first-order chi connectivity index (χ1) is 10.6. The summed E-state index contributed by atoms with van der Waals surface area (Å²) in [5, 5.41) is 2.99. The smallest absolute Gasteiger partial charge is 0.224 e. The summed E-state index contributed by atoms with van der Waals surface area (Å²) in [4.78, 5) is 19.4. The number of benzene rings is 2. The number of aromatic nitrogens is 2. The van der Waals surface area contributed by atoms with Gasteiger partial charge in [-0.05, 0) is 55.2 Å². The molecule has 0 aliphatic heterocycles. The van der Waals surface area contributed by atoms with Crippen LogP contribution in [0.25, 0.3) is 11.0 Å². The van der Waals surface area contributed by atoms with Crippen molar-refractivity contribution >= 4 is 22.6 Å². The second-order valence-electron chi connectivity index (χ2n) is 5.62. The Morgan fingerprint density at radius 2 is 2.05 bits per heavy atom. The van der Waals surface area contributed by atoms with E-state index in [1.54, 1.807) is 6.33 Å². The van der Waals surface area contributed by atoms with E-state index < -0.39 is 0 Å². The summed E-state index contributed by atoms with van der Waals surface area (Å²) in [6.07, 6.45) is 2.86. The lowest BCUT2D eigenvalue weighted by Gasteiger charge is -2.09. The number of aromatic amines is 1. The zero-order valence-corrected chi connectivity index (χ0v) is 12.8. The summed E-state index contributed by atoms with van der Waals surface area (Å²) in [6, 6.07) is 12.1. The third-order valence-corrected chi connectivity index (χ3v) is 3.79. The number of amides is 1. The molecule has 0 spiro atoms. The molecule has 0 atom stereocenters. The Kier molecular flexibility index (Phi) is 3.92. The lowest BCUT2D eigenvalue weighted by atomic mass is 10.1. The van der Waals surface area contributed by atoms with Crippen molar-refractivity contribution in [3.63, 3.8) is 0 Å². The van der Waals surface area contributed by atoms with Gasteiger partial charge in [-0.1, -0.05) is 18.2 Å². The number of H-pyrrole nitrogens is 1. The summed E-state index contributed by atoms with van der Waals surface area (Å²) in [7, 11) is 0. The first kappa shape index (κ1) is 14.3. The van der Waals surface area contributed by atoms with Crippen LogP contribution < -0.4 is 5.32 Å². The fourth-order valence-electron chi connectivity index (χ4n) is 2.48. The Morgan fingerprint density at radius 3 is 2.91 bits per heavy atom. The van der Waals surface area contributed by atoms with Crippen LogP contribution in [0.5, 0.6) is 0 Å². The van der Waals surface area contributed by atoms with E-state index in [-0.39, 0.29) is 5.91 Å². The van der Waals surface area contributed by atoms with Crippen LogP contribution in [0.4, 0.5) is 5.69 Å². The van der Waals surface area contributed by atoms with Crippen LogP contribution >= 0.6 is 0 Å². The SMILES string of the molecule is Cc1ccc(C)c(NC(=O)CCc2ccc3nc[nH]c3c2)c1. The number of nitrogens with zero attached hydrogens (tertiary/aromatic N) is 1. The molecule has 2 aromatic carbocycles. The number of anilines is 1. The number of hydrogen-bond donors (Lipinski definition) is 2. The van der Waals surface area contributed by atoms with Crippen molar-refractivity contribution in [2.24, 2.45) is 0 Å². The van der Waals surface area contributed by atoms with Crippen LogP contribution in [-0.4, -0.2) is 15.9 Å². The number of nitrogens with one attached hydrogen (secondary N) is 2. The van der Waals surface area contributed by atoms with Crippen molar-refractivity contribution < 1.29 is 4.79 Å². The molecular weight excluding hydrogens is 274 g/mol. The second kappa shape index (κ2) is 6.02. The predicted octanol–water partition coefficient (Wildman–Crippen LogP) is 3.75. The van der Waals surface area contributed by atoms with E-state index in [4.69, 9.17) is 0 Å². The van der Waals surface area contributed by atoms with E-state index in [2.05, 4.69) is 15.3 Å². The number of hydrogen-bond acceptors (Lipinski definition) is 2. The highest BCUT2D eigenvalue weighted by molar-refractivity contribution is 5.91.